The highest BCUT2D eigenvalue weighted by Gasteiger charge is 2.21. The van der Waals surface area contributed by atoms with Crippen molar-refractivity contribution in [2.45, 2.75) is 31.7 Å². The van der Waals surface area contributed by atoms with Gasteiger partial charge in [0.15, 0.2) is 0 Å². The second kappa shape index (κ2) is 10.5. The monoisotopic (exact) mass is 489 g/mol. The third-order valence-corrected chi connectivity index (χ3v) is 7.45. The Morgan fingerprint density at radius 3 is 2.76 bits per heavy atom. The lowest BCUT2D eigenvalue weighted by atomic mass is 10.0. The molecule has 6 nitrogen and oxygen atoms in total. The summed E-state index contributed by atoms with van der Waals surface area (Å²) in [5.74, 6) is -0.0234. The van der Waals surface area contributed by atoms with Crippen LogP contribution in [0.15, 0.2) is 85.2 Å². The van der Waals surface area contributed by atoms with Crippen molar-refractivity contribution in [3.63, 3.8) is 0 Å². The minimum atomic E-state index is -0.0234. The fraction of sp³-hybridized carbons (Fsp3) is 0.258. The first kappa shape index (κ1) is 23.4. The van der Waals surface area contributed by atoms with Gasteiger partial charge in [-0.15, -0.1) is 0 Å². The summed E-state index contributed by atoms with van der Waals surface area (Å²) in [6.07, 6.45) is 7.82. The Kier molecular flexibility index (Phi) is 6.65. The van der Waals surface area contributed by atoms with E-state index < -0.39 is 0 Å². The molecule has 1 atom stereocenters. The summed E-state index contributed by atoms with van der Waals surface area (Å²) in [6, 6.07) is 24.9. The number of H-pyrrole nitrogens is 1. The highest BCUT2D eigenvalue weighted by molar-refractivity contribution is 6.01. The van der Waals surface area contributed by atoms with Crippen molar-refractivity contribution in [1.82, 2.24) is 25.4 Å². The number of benzene rings is 3. The van der Waals surface area contributed by atoms with Gasteiger partial charge in [-0.05, 0) is 72.5 Å². The average molecular weight is 490 g/mol. The zero-order chi connectivity index (χ0) is 25.0. The third-order valence-electron chi connectivity index (χ3n) is 7.45. The van der Waals surface area contributed by atoms with E-state index in [9.17, 15) is 4.79 Å². The Labute approximate surface area is 216 Å². The number of nitrogens with one attached hydrogen (secondary N) is 2. The van der Waals surface area contributed by atoms with Crippen LogP contribution < -0.4 is 5.32 Å². The number of hydrogen-bond donors (Lipinski definition) is 2. The number of nitrogens with zero attached hydrogens (tertiary/aromatic N) is 3. The van der Waals surface area contributed by atoms with Gasteiger partial charge in [-0.3, -0.25) is 14.9 Å². The Bertz CT molecular complexity index is 1520. The highest BCUT2D eigenvalue weighted by atomic mass is 16.1. The molecule has 37 heavy (non-hydrogen) atoms. The molecule has 1 amide bonds. The number of hydrogen-bond acceptors (Lipinski definition) is 4. The van der Waals surface area contributed by atoms with Crippen LogP contribution in [0.25, 0.3) is 32.9 Å². The first-order valence-corrected chi connectivity index (χ1v) is 13.1. The minimum Gasteiger partial charge on any atom is -0.348 e. The molecule has 186 valence electrons. The lowest BCUT2D eigenvalue weighted by molar-refractivity contribution is 0.0926. The number of likely N-dealkylation sites (tertiary alicyclic amines) is 1. The van der Waals surface area contributed by atoms with Crippen LogP contribution in [0.3, 0.4) is 0 Å². The molecule has 0 aliphatic carbocycles. The predicted octanol–water partition coefficient (Wildman–Crippen LogP) is 5.61. The second-order valence-corrected chi connectivity index (χ2v) is 9.92. The van der Waals surface area contributed by atoms with Crippen LogP contribution in [0.1, 0.15) is 35.2 Å². The zero-order valence-electron chi connectivity index (χ0n) is 20.9. The van der Waals surface area contributed by atoms with Gasteiger partial charge in [0.2, 0.25) is 0 Å². The second-order valence-electron chi connectivity index (χ2n) is 9.92. The molecule has 1 saturated heterocycles. The van der Waals surface area contributed by atoms with E-state index in [0.29, 0.717) is 5.56 Å². The fourth-order valence-corrected chi connectivity index (χ4v) is 5.48. The SMILES string of the molecule is O=C(NC1CCCCN(CCc2cccc3ccccc23)C1)c1ccc2[nH]nc(-c3ccncc3)c2c1. The molecule has 0 radical (unpaired) electrons. The van der Waals surface area contributed by atoms with E-state index >= 15 is 0 Å². The van der Waals surface area contributed by atoms with Crippen molar-refractivity contribution >= 4 is 27.6 Å². The van der Waals surface area contributed by atoms with Gasteiger partial charge in [-0.2, -0.15) is 5.10 Å². The minimum absolute atomic E-state index is 0.0234. The number of fused-ring (bicyclic) bond motifs is 2. The van der Waals surface area contributed by atoms with E-state index in [4.69, 9.17) is 0 Å². The van der Waals surface area contributed by atoms with E-state index in [2.05, 4.69) is 67.9 Å². The molecule has 0 spiro atoms. The first-order valence-electron chi connectivity index (χ1n) is 13.1. The lowest BCUT2D eigenvalue weighted by Crippen LogP contribution is -2.43. The summed E-state index contributed by atoms with van der Waals surface area (Å²) in [5, 5.41) is 14.5. The number of aromatic amines is 1. The number of amides is 1. The summed E-state index contributed by atoms with van der Waals surface area (Å²) in [4.78, 5) is 19.9. The van der Waals surface area contributed by atoms with Crippen LogP contribution in [0.5, 0.6) is 0 Å². The molecule has 1 fully saturated rings. The topological polar surface area (TPSA) is 73.9 Å². The van der Waals surface area contributed by atoms with Gasteiger partial charge in [0.25, 0.3) is 5.91 Å². The van der Waals surface area contributed by atoms with Gasteiger partial charge in [0.05, 0.1) is 5.52 Å². The molecule has 6 rings (SSSR count). The van der Waals surface area contributed by atoms with Crippen molar-refractivity contribution in [2.75, 3.05) is 19.6 Å². The van der Waals surface area contributed by atoms with Gasteiger partial charge in [0, 0.05) is 48.0 Å². The molecule has 1 unspecified atom stereocenters. The van der Waals surface area contributed by atoms with E-state index in [1.54, 1.807) is 12.4 Å². The average Bonchev–Trinajstić information content (AvgIpc) is 3.24. The van der Waals surface area contributed by atoms with E-state index in [0.717, 1.165) is 67.5 Å². The molecule has 0 bridgehead atoms. The molecule has 6 heteroatoms. The van der Waals surface area contributed by atoms with E-state index in [1.807, 2.05) is 30.3 Å². The number of pyridine rings is 1. The maximum Gasteiger partial charge on any atom is 0.251 e. The van der Waals surface area contributed by atoms with Crippen LogP contribution in [0.2, 0.25) is 0 Å². The molecule has 1 aliphatic heterocycles. The molecule has 3 aromatic carbocycles. The van der Waals surface area contributed by atoms with Crippen molar-refractivity contribution in [1.29, 1.82) is 0 Å². The molecule has 2 N–H and O–H groups in total. The molecule has 2 aromatic heterocycles. The summed E-state index contributed by atoms with van der Waals surface area (Å²) in [5.41, 5.74) is 4.78. The number of rotatable bonds is 6. The normalized spacial score (nSPS) is 16.6. The molecule has 0 saturated carbocycles. The highest BCUT2D eigenvalue weighted by Crippen LogP contribution is 2.27. The van der Waals surface area contributed by atoms with Crippen LogP contribution >= 0.6 is 0 Å². The third kappa shape index (κ3) is 5.11. The maximum atomic E-state index is 13.3. The lowest BCUT2D eigenvalue weighted by Gasteiger charge is -2.25. The Balaban J connectivity index is 1.14. The van der Waals surface area contributed by atoms with Crippen molar-refractivity contribution in [2.24, 2.45) is 0 Å². The summed E-state index contributed by atoms with van der Waals surface area (Å²) in [6.45, 7) is 2.96. The van der Waals surface area contributed by atoms with Crippen molar-refractivity contribution < 1.29 is 4.79 Å². The predicted molar refractivity (Wildman–Crippen MR) is 149 cm³/mol. The standard InChI is InChI=1S/C31H31N5O/c37-31(25-11-12-29-28(20-25)30(35-34-29)24-13-16-32-17-14-24)33-26-9-3-4-18-36(21-26)19-15-23-8-5-7-22-6-1-2-10-27(22)23/h1-2,5-8,10-14,16-17,20,26H,3-4,9,15,18-19,21H2,(H,33,37)(H,34,35). The maximum absolute atomic E-state index is 13.3. The first-order chi connectivity index (χ1) is 18.2. The molecule has 5 aromatic rings. The quantitative estimate of drug-likeness (QED) is 0.325. The Morgan fingerprint density at radius 2 is 1.84 bits per heavy atom. The molecule has 3 heterocycles. The summed E-state index contributed by atoms with van der Waals surface area (Å²) >= 11 is 0. The van der Waals surface area contributed by atoms with Gasteiger partial charge < -0.3 is 10.2 Å². The Morgan fingerprint density at radius 1 is 0.973 bits per heavy atom. The number of aromatic nitrogens is 3. The summed E-state index contributed by atoms with van der Waals surface area (Å²) in [7, 11) is 0. The molecular weight excluding hydrogens is 458 g/mol. The smallest absolute Gasteiger partial charge is 0.251 e. The Hall–Kier alpha value is -4.03. The van der Waals surface area contributed by atoms with E-state index in [-0.39, 0.29) is 11.9 Å². The van der Waals surface area contributed by atoms with Crippen LogP contribution in [0.4, 0.5) is 0 Å². The number of carbonyl (C=O) groups is 1. The largest absolute Gasteiger partial charge is 0.348 e. The van der Waals surface area contributed by atoms with Crippen molar-refractivity contribution in [3.8, 4) is 11.3 Å². The van der Waals surface area contributed by atoms with Crippen LogP contribution in [0, 0.1) is 0 Å². The van der Waals surface area contributed by atoms with Gasteiger partial charge in [0.1, 0.15) is 5.69 Å². The zero-order valence-corrected chi connectivity index (χ0v) is 20.9. The van der Waals surface area contributed by atoms with Crippen molar-refractivity contribution in [3.05, 3.63) is 96.3 Å². The van der Waals surface area contributed by atoms with E-state index in [1.165, 1.54) is 16.3 Å². The van der Waals surface area contributed by atoms with Gasteiger partial charge in [-0.25, -0.2) is 0 Å². The fourth-order valence-electron chi connectivity index (χ4n) is 5.48. The van der Waals surface area contributed by atoms with Crippen LogP contribution in [-0.2, 0) is 6.42 Å². The molecule has 1 aliphatic rings. The number of carbonyl (C=O) groups excluding carboxylic acids is 1. The summed E-state index contributed by atoms with van der Waals surface area (Å²) < 4.78 is 0. The molecular formula is C31H31N5O. The van der Waals surface area contributed by atoms with Gasteiger partial charge >= 0.3 is 0 Å². The van der Waals surface area contributed by atoms with Crippen LogP contribution in [-0.4, -0.2) is 51.7 Å². The van der Waals surface area contributed by atoms with Gasteiger partial charge in [-0.1, -0.05) is 48.9 Å².